The van der Waals surface area contributed by atoms with Gasteiger partial charge in [0, 0.05) is 29.6 Å². The third kappa shape index (κ3) is 2.61. The molecule has 0 saturated carbocycles. The van der Waals surface area contributed by atoms with Crippen molar-refractivity contribution in [2.75, 3.05) is 7.11 Å². The lowest BCUT2D eigenvalue weighted by Gasteiger charge is -1.97. The van der Waals surface area contributed by atoms with Crippen molar-refractivity contribution in [3.63, 3.8) is 0 Å². The van der Waals surface area contributed by atoms with E-state index in [1.807, 2.05) is 24.3 Å². The zero-order valence-electron chi connectivity index (χ0n) is 8.90. The highest BCUT2D eigenvalue weighted by molar-refractivity contribution is 5.44. The molecule has 0 N–H and O–H groups in total. The maximum atomic E-state index is 5.07. The van der Waals surface area contributed by atoms with Crippen molar-refractivity contribution in [3.05, 3.63) is 59.9 Å². The van der Waals surface area contributed by atoms with Gasteiger partial charge < -0.3 is 4.74 Å². The second-order valence-electron chi connectivity index (χ2n) is 3.13. The van der Waals surface area contributed by atoms with Crippen molar-refractivity contribution >= 4 is 0 Å². The summed E-state index contributed by atoms with van der Waals surface area (Å²) in [5.74, 6) is 6.81. The van der Waals surface area contributed by atoms with Crippen LogP contribution in [0.5, 0.6) is 5.75 Å². The average Bonchev–Trinajstić information content (AvgIpc) is 2.38. The number of pyridine rings is 1. The summed E-state index contributed by atoms with van der Waals surface area (Å²) >= 11 is 0. The molecule has 16 heavy (non-hydrogen) atoms. The molecule has 1 heterocycles. The molecule has 2 heteroatoms. The highest BCUT2D eigenvalue weighted by Crippen LogP contribution is 2.10. The van der Waals surface area contributed by atoms with E-state index in [4.69, 9.17) is 4.74 Å². The van der Waals surface area contributed by atoms with Crippen molar-refractivity contribution in [1.82, 2.24) is 4.98 Å². The van der Waals surface area contributed by atoms with E-state index >= 15 is 0 Å². The van der Waals surface area contributed by atoms with E-state index in [0.29, 0.717) is 5.75 Å². The number of rotatable bonds is 1. The average molecular weight is 208 g/mol. The van der Waals surface area contributed by atoms with Crippen molar-refractivity contribution < 1.29 is 4.74 Å². The molecule has 0 fully saturated rings. The second kappa shape index (κ2) is 4.99. The number of aromatic nitrogens is 1. The molecule has 0 aliphatic rings. The molecular formula is C14H10NO. The number of hydrogen-bond acceptors (Lipinski definition) is 2. The molecule has 0 unspecified atom stereocenters. The van der Waals surface area contributed by atoms with E-state index in [0.717, 1.165) is 11.1 Å². The maximum absolute atomic E-state index is 5.07. The Bertz CT molecular complexity index is 523. The lowest BCUT2D eigenvalue weighted by Crippen LogP contribution is -1.83. The first kappa shape index (κ1) is 10.3. The van der Waals surface area contributed by atoms with Gasteiger partial charge in [-0.25, -0.2) is 0 Å². The summed E-state index contributed by atoms with van der Waals surface area (Å²) < 4.78 is 5.07. The maximum Gasteiger partial charge on any atom is 0.128 e. The predicted molar refractivity (Wildman–Crippen MR) is 62.0 cm³/mol. The monoisotopic (exact) mass is 208 g/mol. The zero-order chi connectivity index (χ0) is 11.2. The van der Waals surface area contributed by atoms with E-state index in [1.165, 1.54) is 0 Å². The van der Waals surface area contributed by atoms with Crippen LogP contribution in [-0.2, 0) is 0 Å². The largest absolute Gasteiger partial charge is 0.496 e. The van der Waals surface area contributed by atoms with Gasteiger partial charge >= 0.3 is 0 Å². The Morgan fingerprint density at radius 1 is 1.12 bits per heavy atom. The molecule has 2 nitrogen and oxygen atoms in total. The Labute approximate surface area is 94.9 Å². The van der Waals surface area contributed by atoms with Gasteiger partial charge in [-0.2, -0.15) is 0 Å². The highest BCUT2D eigenvalue weighted by atomic mass is 16.5. The van der Waals surface area contributed by atoms with Gasteiger partial charge in [0.2, 0.25) is 0 Å². The summed E-state index contributed by atoms with van der Waals surface area (Å²) in [6, 6.07) is 12.3. The lowest BCUT2D eigenvalue weighted by atomic mass is 10.2. The van der Waals surface area contributed by atoms with Gasteiger partial charge in [-0.15, -0.1) is 0 Å². The van der Waals surface area contributed by atoms with Gasteiger partial charge in [-0.3, -0.25) is 4.98 Å². The summed E-state index contributed by atoms with van der Waals surface area (Å²) in [5.41, 5.74) is 1.86. The number of benzene rings is 1. The molecule has 1 radical (unpaired) electrons. The van der Waals surface area contributed by atoms with Crippen LogP contribution < -0.4 is 4.74 Å². The van der Waals surface area contributed by atoms with Crippen LogP contribution in [0.15, 0.2) is 42.7 Å². The molecular weight excluding hydrogens is 198 g/mol. The molecule has 77 valence electrons. The smallest absolute Gasteiger partial charge is 0.128 e. The highest BCUT2D eigenvalue weighted by Gasteiger charge is 1.91. The third-order valence-corrected chi connectivity index (χ3v) is 2.03. The minimum absolute atomic E-state index is 0.696. The molecule has 0 aliphatic heterocycles. The van der Waals surface area contributed by atoms with Crippen molar-refractivity contribution in [3.8, 4) is 17.6 Å². The first-order chi connectivity index (χ1) is 7.88. The van der Waals surface area contributed by atoms with E-state index in [9.17, 15) is 0 Å². The molecule has 2 aromatic rings. The van der Waals surface area contributed by atoms with Crippen LogP contribution in [0.2, 0.25) is 0 Å². The van der Waals surface area contributed by atoms with Gasteiger partial charge in [0.25, 0.3) is 0 Å². The third-order valence-electron chi connectivity index (χ3n) is 2.03. The second-order valence-corrected chi connectivity index (χ2v) is 3.13. The van der Waals surface area contributed by atoms with Crippen molar-refractivity contribution in [2.24, 2.45) is 0 Å². The Hall–Kier alpha value is -2.27. The molecule has 0 aliphatic carbocycles. The number of methoxy groups -OCH3 is 1. The van der Waals surface area contributed by atoms with E-state index in [2.05, 4.69) is 22.9 Å². The SMILES string of the molecule is COc1[c]ccc(C#Cc2ccncc2)c1. The summed E-state index contributed by atoms with van der Waals surface area (Å²) in [6.45, 7) is 0. The van der Waals surface area contributed by atoms with Crippen molar-refractivity contribution in [1.29, 1.82) is 0 Å². The van der Waals surface area contributed by atoms with Gasteiger partial charge in [0.05, 0.1) is 7.11 Å². The summed E-state index contributed by atoms with van der Waals surface area (Å²) in [6.07, 6.45) is 3.45. The molecule has 2 rings (SSSR count). The molecule has 0 spiro atoms. The molecule has 0 amide bonds. The van der Waals surface area contributed by atoms with Crippen LogP contribution in [0.4, 0.5) is 0 Å². The van der Waals surface area contributed by atoms with Crippen molar-refractivity contribution in [2.45, 2.75) is 0 Å². The number of nitrogens with zero attached hydrogens (tertiary/aromatic N) is 1. The molecule has 1 aromatic carbocycles. The van der Waals surface area contributed by atoms with E-state index in [-0.39, 0.29) is 0 Å². The van der Waals surface area contributed by atoms with Gasteiger partial charge in [0.1, 0.15) is 5.75 Å². The van der Waals surface area contributed by atoms with Crippen LogP contribution in [0.25, 0.3) is 0 Å². The van der Waals surface area contributed by atoms with Gasteiger partial charge in [0.15, 0.2) is 0 Å². The quantitative estimate of drug-likeness (QED) is 0.671. The molecule has 1 aromatic heterocycles. The summed E-state index contributed by atoms with van der Waals surface area (Å²) in [7, 11) is 1.62. The van der Waals surface area contributed by atoms with Crippen LogP contribution in [-0.4, -0.2) is 12.1 Å². The molecule has 0 bridgehead atoms. The van der Waals surface area contributed by atoms with Gasteiger partial charge in [-0.05, 0) is 30.3 Å². The van der Waals surface area contributed by atoms with Crippen LogP contribution in [0.3, 0.4) is 0 Å². The van der Waals surface area contributed by atoms with E-state index in [1.54, 1.807) is 25.6 Å². The fraction of sp³-hybridized carbons (Fsp3) is 0.0714. The molecule has 0 saturated heterocycles. The predicted octanol–water partition coefficient (Wildman–Crippen LogP) is 2.29. The Kier molecular flexibility index (Phi) is 3.20. The minimum atomic E-state index is 0.696. The van der Waals surface area contributed by atoms with E-state index < -0.39 is 0 Å². The fourth-order valence-corrected chi connectivity index (χ4v) is 1.22. The first-order valence-corrected chi connectivity index (χ1v) is 4.86. The van der Waals surface area contributed by atoms with Crippen LogP contribution in [0, 0.1) is 17.9 Å². The summed E-state index contributed by atoms with van der Waals surface area (Å²) in [4.78, 5) is 3.93. The minimum Gasteiger partial charge on any atom is -0.496 e. The molecule has 0 atom stereocenters. The number of ether oxygens (including phenoxy) is 1. The normalized spacial score (nSPS) is 9.06. The topological polar surface area (TPSA) is 22.1 Å². The van der Waals surface area contributed by atoms with Crippen LogP contribution >= 0.6 is 0 Å². The standard InChI is InChI=1S/C14H10NO/c1-16-14-4-2-3-13(11-14)6-5-12-7-9-15-10-8-12/h2-3,7-11H,1H3. The Morgan fingerprint density at radius 3 is 2.62 bits per heavy atom. The fourth-order valence-electron chi connectivity index (χ4n) is 1.22. The lowest BCUT2D eigenvalue weighted by molar-refractivity contribution is 0.414. The first-order valence-electron chi connectivity index (χ1n) is 4.86. The number of hydrogen-bond donors (Lipinski definition) is 0. The summed E-state index contributed by atoms with van der Waals surface area (Å²) in [5, 5.41) is 0. The Morgan fingerprint density at radius 2 is 1.88 bits per heavy atom. The Balaban J connectivity index is 2.24. The van der Waals surface area contributed by atoms with Gasteiger partial charge in [-0.1, -0.05) is 11.8 Å². The zero-order valence-corrected chi connectivity index (χ0v) is 8.90. The van der Waals surface area contributed by atoms with Crippen LogP contribution in [0.1, 0.15) is 11.1 Å².